The second kappa shape index (κ2) is 6.84. The second-order valence-corrected chi connectivity index (χ2v) is 7.27. The zero-order valence-electron chi connectivity index (χ0n) is 13.8. The van der Waals surface area contributed by atoms with E-state index < -0.39 is 0 Å². The van der Waals surface area contributed by atoms with E-state index in [4.69, 9.17) is 4.74 Å². The Morgan fingerprint density at radius 3 is 2.96 bits per heavy atom. The van der Waals surface area contributed by atoms with Crippen molar-refractivity contribution in [3.63, 3.8) is 0 Å². The van der Waals surface area contributed by atoms with Crippen molar-refractivity contribution in [3.8, 4) is 5.75 Å². The number of fused-ring (bicyclic) bond motifs is 2. The second-order valence-electron chi connectivity index (χ2n) is 6.19. The first kappa shape index (κ1) is 16.1. The molecule has 0 atom stereocenters. The highest BCUT2D eigenvalue weighted by Crippen LogP contribution is 2.32. The predicted octanol–water partition coefficient (Wildman–Crippen LogP) is 2.78. The summed E-state index contributed by atoms with van der Waals surface area (Å²) >= 11 is 1.55. The summed E-state index contributed by atoms with van der Waals surface area (Å²) in [4.78, 5) is 32.1. The first-order valence-corrected chi connectivity index (χ1v) is 9.33. The van der Waals surface area contributed by atoms with Crippen LogP contribution in [0.5, 0.6) is 5.75 Å². The number of hydrogen-bond acceptors (Lipinski definition) is 5. The Labute approximate surface area is 149 Å². The molecule has 2 heterocycles. The van der Waals surface area contributed by atoms with E-state index in [1.165, 1.54) is 16.2 Å². The maximum Gasteiger partial charge on any atom is 0.246 e. The van der Waals surface area contributed by atoms with Crippen molar-refractivity contribution in [1.29, 1.82) is 0 Å². The van der Waals surface area contributed by atoms with Gasteiger partial charge in [0.2, 0.25) is 11.8 Å². The van der Waals surface area contributed by atoms with E-state index in [1.807, 2.05) is 18.2 Å². The van der Waals surface area contributed by atoms with E-state index >= 15 is 0 Å². The number of hydrogen-bond donors (Lipinski definition) is 1. The van der Waals surface area contributed by atoms with E-state index in [0.29, 0.717) is 23.2 Å². The van der Waals surface area contributed by atoms with Gasteiger partial charge in [-0.15, -0.1) is 11.3 Å². The molecule has 2 aromatic rings. The number of para-hydroxylation sites is 2. The van der Waals surface area contributed by atoms with Gasteiger partial charge in [0.05, 0.1) is 24.4 Å². The van der Waals surface area contributed by atoms with Gasteiger partial charge in [0.1, 0.15) is 12.3 Å². The summed E-state index contributed by atoms with van der Waals surface area (Å²) in [7, 11) is 0. The molecule has 0 saturated heterocycles. The third-order valence-electron chi connectivity index (χ3n) is 4.42. The SMILES string of the molecule is O=C(CN1C(=O)CCOc2ccccc21)Nc1nc2c(s1)CCCC2. The minimum absolute atomic E-state index is 0.0382. The van der Waals surface area contributed by atoms with Crippen LogP contribution in [0.4, 0.5) is 10.8 Å². The van der Waals surface area contributed by atoms with Crippen LogP contribution < -0.4 is 15.0 Å². The Balaban J connectivity index is 1.50. The fourth-order valence-corrected chi connectivity index (χ4v) is 4.27. The summed E-state index contributed by atoms with van der Waals surface area (Å²) < 4.78 is 5.60. The average molecular weight is 357 g/mol. The summed E-state index contributed by atoms with van der Waals surface area (Å²) in [6.07, 6.45) is 4.62. The highest BCUT2D eigenvalue weighted by Gasteiger charge is 2.25. The smallest absolute Gasteiger partial charge is 0.246 e. The van der Waals surface area contributed by atoms with Gasteiger partial charge in [-0.25, -0.2) is 4.98 Å². The van der Waals surface area contributed by atoms with E-state index in [0.717, 1.165) is 25.0 Å². The standard InChI is InChI=1S/C18H19N3O3S/c22-16(20-18-19-12-5-1-4-8-15(12)25-18)11-21-13-6-2-3-7-14(13)24-10-9-17(21)23/h2-3,6-7H,1,4-5,8-11H2,(H,19,20,22). The van der Waals surface area contributed by atoms with Crippen LogP contribution in [0.3, 0.4) is 0 Å². The normalized spacial score (nSPS) is 16.5. The number of nitrogens with zero attached hydrogens (tertiary/aromatic N) is 2. The molecule has 1 N–H and O–H groups in total. The summed E-state index contributed by atoms with van der Waals surface area (Å²) in [6.45, 7) is 0.288. The van der Waals surface area contributed by atoms with E-state index in [1.54, 1.807) is 17.4 Å². The summed E-state index contributed by atoms with van der Waals surface area (Å²) in [5, 5.41) is 3.48. The molecule has 0 saturated carbocycles. The van der Waals surface area contributed by atoms with Gasteiger partial charge in [0, 0.05) is 4.88 Å². The first-order chi connectivity index (χ1) is 12.2. The quantitative estimate of drug-likeness (QED) is 0.917. The number of benzene rings is 1. The maximum atomic E-state index is 12.5. The third kappa shape index (κ3) is 3.37. The van der Waals surface area contributed by atoms with Gasteiger partial charge in [0.25, 0.3) is 0 Å². The van der Waals surface area contributed by atoms with Crippen molar-refractivity contribution in [3.05, 3.63) is 34.8 Å². The summed E-state index contributed by atoms with van der Waals surface area (Å²) in [5.74, 6) is 0.278. The van der Waals surface area contributed by atoms with E-state index in [-0.39, 0.29) is 24.8 Å². The van der Waals surface area contributed by atoms with Crippen LogP contribution in [0.25, 0.3) is 0 Å². The van der Waals surface area contributed by atoms with Crippen molar-refractivity contribution in [2.24, 2.45) is 0 Å². The number of thiazole rings is 1. The van der Waals surface area contributed by atoms with E-state index in [2.05, 4.69) is 10.3 Å². The lowest BCUT2D eigenvalue weighted by molar-refractivity contribution is -0.121. The van der Waals surface area contributed by atoms with Crippen LogP contribution in [0.15, 0.2) is 24.3 Å². The lowest BCUT2D eigenvalue weighted by atomic mass is 10.0. The van der Waals surface area contributed by atoms with Crippen molar-refractivity contribution in [1.82, 2.24) is 4.98 Å². The van der Waals surface area contributed by atoms with Crippen LogP contribution in [0.2, 0.25) is 0 Å². The molecular formula is C18H19N3O3S. The molecule has 0 bridgehead atoms. The minimum atomic E-state index is -0.240. The van der Waals surface area contributed by atoms with Gasteiger partial charge in [-0.1, -0.05) is 12.1 Å². The first-order valence-electron chi connectivity index (χ1n) is 8.51. The summed E-state index contributed by atoms with van der Waals surface area (Å²) in [6, 6.07) is 7.30. The molecule has 1 aliphatic heterocycles. The number of aryl methyl sites for hydroxylation is 2. The number of ether oxygens (including phenoxy) is 1. The molecule has 0 fully saturated rings. The molecule has 6 nitrogen and oxygen atoms in total. The highest BCUT2D eigenvalue weighted by atomic mass is 32.1. The zero-order valence-corrected chi connectivity index (χ0v) is 14.6. The number of rotatable bonds is 3. The lowest BCUT2D eigenvalue weighted by Crippen LogP contribution is -2.37. The zero-order chi connectivity index (χ0) is 17.2. The number of carbonyl (C=O) groups excluding carboxylic acids is 2. The topological polar surface area (TPSA) is 71.5 Å². The molecule has 25 heavy (non-hydrogen) atoms. The van der Waals surface area contributed by atoms with Gasteiger partial charge in [-0.05, 0) is 37.8 Å². The van der Waals surface area contributed by atoms with E-state index in [9.17, 15) is 9.59 Å². The predicted molar refractivity (Wildman–Crippen MR) is 96.3 cm³/mol. The minimum Gasteiger partial charge on any atom is -0.491 e. The van der Waals surface area contributed by atoms with Crippen molar-refractivity contribution >= 4 is 34.0 Å². The molecule has 0 spiro atoms. The van der Waals surface area contributed by atoms with Crippen LogP contribution in [-0.2, 0) is 22.4 Å². The maximum absolute atomic E-state index is 12.5. The molecule has 4 rings (SSSR count). The van der Waals surface area contributed by atoms with Gasteiger partial charge in [0.15, 0.2) is 5.13 Å². The molecule has 0 unspecified atom stereocenters. The molecular weight excluding hydrogens is 338 g/mol. The van der Waals surface area contributed by atoms with Crippen LogP contribution in [-0.4, -0.2) is 29.9 Å². The van der Waals surface area contributed by atoms with Crippen molar-refractivity contribution < 1.29 is 14.3 Å². The van der Waals surface area contributed by atoms with Gasteiger partial charge in [-0.3, -0.25) is 14.5 Å². The monoisotopic (exact) mass is 357 g/mol. The third-order valence-corrected chi connectivity index (χ3v) is 5.50. The number of amides is 2. The average Bonchev–Trinajstić information content (AvgIpc) is 2.95. The Morgan fingerprint density at radius 1 is 1.24 bits per heavy atom. The molecule has 1 aliphatic carbocycles. The Hall–Kier alpha value is -2.41. The summed E-state index contributed by atoms with van der Waals surface area (Å²) in [5.41, 5.74) is 1.75. The lowest BCUT2D eigenvalue weighted by Gasteiger charge is -2.20. The Morgan fingerprint density at radius 2 is 2.08 bits per heavy atom. The van der Waals surface area contributed by atoms with Gasteiger partial charge < -0.3 is 10.1 Å². The van der Waals surface area contributed by atoms with Gasteiger partial charge in [-0.2, -0.15) is 0 Å². The van der Waals surface area contributed by atoms with Crippen molar-refractivity contribution in [2.45, 2.75) is 32.1 Å². The van der Waals surface area contributed by atoms with Crippen LogP contribution in [0, 0.1) is 0 Å². The fraction of sp³-hybridized carbons (Fsp3) is 0.389. The number of anilines is 2. The van der Waals surface area contributed by atoms with Crippen LogP contribution >= 0.6 is 11.3 Å². The Bertz CT molecular complexity index is 794. The Kier molecular flexibility index (Phi) is 4.40. The molecule has 1 aromatic carbocycles. The molecule has 2 aliphatic rings. The number of nitrogens with one attached hydrogen (secondary N) is 1. The largest absolute Gasteiger partial charge is 0.491 e. The van der Waals surface area contributed by atoms with Gasteiger partial charge >= 0.3 is 0 Å². The molecule has 2 amide bonds. The number of carbonyl (C=O) groups is 2. The molecule has 7 heteroatoms. The fourth-order valence-electron chi connectivity index (χ4n) is 3.20. The molecule has 0 radical (unpaired) electrons. The number of aromatic nitrogens is 1. The molecule has 130 valence electrons. The molecule has 1 aromatic heterocycles. The van der Waals surface area contributed by atoms with Crippen molar-refractivity contribution in [2.75, 3.05) is 23.4 Å². The highest BCUT2D eigenvalue weighted by molar-refractivity contribution is 7.15. The van der Waals surface area contributed by atoms with Crippen LogP contribution in [0.1, 0.15) is 29.8 Å².